The first-order chi connectivity index (χ1) is 17.6. The van der Waals surface area contributed by atoms with Gasteiger partial charge in [0, 0.05) is 6.42 Å². The van der Waals surface area contributed by atoms with Gasteiger partial charge in [0.1, 0.15) is 24.4 Å². The average Bonchev–Trinajstić information content (AvgIpc) is 3.21. The summed E-state index contributed by atoms with van der Waals surface area (Å²) in [4.78, 5) is 0. The Morgan fingerprint density at radius 3 is 1.75 bits per heavy atom. The van der Waals surface area contributed by atoms with E-state index in [2.05, 4.69) is 50.2 Å². The maximum absolute atomic E-state index is 6.61. The van der Waals surface area contributed by atoms with Crippen LogP contribution >= 0.6 is 0 Å². The van der Waals surface area contributed by atoms with Gasteiger partial charge in [0.15, 0.2) is 0 Å². The molecule has 0 radical (unpaired) electrons. The Morgan fingerprint density at radius 1 is 0.694 bits per heavy atom. The quantitative estimate of drug-likeness (QED) is 0.366. The Hall–Kier alpha value is -2.54. The normalized spacial score (nSPS) is 27.0. The maximum Gasteiger partial charge on any atom is 0.115 e. The molecular weight excluding hydrogens is 452 g/mol. The fourth-order valence-electron chi connectivity index (χ4n) is 5.12. The first-order valence-corrected chi connectivity index (χ1v) is 12.8. The monoisotopic (exact) mass is 488 g/mol. The minimum absolute atomic E-state index is 0.0670. The lowest BCUT2D eigenvalue weighted by molar-refractivity contribution is -0.255. The third-order valence-corrected chi connectivity index (χ3v) is 6.84. The van der Waals surface area contributed by atoms with E-state index in [9.17, 15) is 0 Å². The second-order valence-corrected chi connectivity index (χ2v) is 10.3. The van der Waals surface area contributed by atoms with Crippen molar-refractivity contribution >= 4 is 0 Å². The number of hydrogen-bond donors (Lipinski definition) is 0. The molecule has 190 valence electrons. The maximum atomic E-state index is 6.61. The summed E-state index contributed by atoms with van der Waals surface area (Å²) in [5.41, 5.74) is 3.08. The Morgan fingerprint density at radius 2 is 1.19 bits per heavy atom. The second kappa shape index (κ2) is 11.7. The molecule has 2 aliphatic heterocycles. The Bertz CT molecular complexity index is 1060. The van der Waals surface area contributed by atoms with Crippen LogP contribution in [0.2, 0.25) is 0 Å². The van der Waals surface area contributed by atoms with Crippen molar-refractivity contribution in [2.45, 2.75) is 76.2 Å². The highest BCUT2D eigenvalue weighted by atomic mass is 16.6. The zero-order valence-corrected chi connectivity index (χ0v) is 21.1. The van der Waals surface area contributed by atoms with E-state index in [0.717, 1.165) is 23.1 Å². The van der Waals surface area contributed by atoms with E-state index in [1.807, 2.05) is 54.6 Å². The highest BCUT2D eigenvalue weighted by Crippen LogP contribution is 2.41. The molecule has 36 heavy (non-hydrogen) atoms. The van der Waals surface area contributed by atoms with Gasteiger partial charge in [-0.3, -0.25) is 0 Å². The van der Waals surface area contributed by atoms with Gasteiger partial charge >= 0.3 is 0 Å². The van der Waals surface area contributed by atoms with Crippen LogP contribution in [0.15, 0.2) is 91.0 Å². The van der Waals surface area contributed by atoms with Gasteiger partial charge < -0.3 is 23.7 Å². The molecule has 5 atom stereocenters. The molecular formula is C31H36O5. The summed E-state index contributed by atoms with van der Waals surface area (Å²) in [6.07, 6.45) is -0.335. The zero-order chi connectivity index (χ0) is 24.8. The largest absolute Gasteiger partial charge is 0.374 e. The molecule has 0 bridgehead atoms. The fraction of sp³-hybridized carbons (Fsp3) is 0.419. The van der Waals surface area contributed by atoms with Crippen molar-refractivity contribution in [2.24, 2.45) is 0 Å². The van der Waals surface area contributed by atoms with E-state index in [1.54, 1.807) is 0 Å². The first-order valence-electron chi connectivity index (χ1n) is 12.8. The number of fused-ring (bicyclic) bond motifs is 1. The van der Waals surface area contributed by atoms with Crippen molar-refractivity contribution in [3.63, 3.8) is 0 Å². The summed E-state index contributed by atoms with van der Waals surface area (Å²) in [6, 6.07) is 30.7. The average molecular weight is 489 g/mol. The van der Waals surface area contributed by atoms with Crippen LogP contribution in [-0.4, -0.2) is 42.7 Å². The molecule has 2 fully saturated rings. The van der Waals surface area contributed by atoms with Crippen LogP contribution in [0.4, 0.5) is 0 Å². The van der Waals surface area contributed by atoms with Crippen LogP contribution < -0.4 is 0 Å². The molecule has 3 aromatic carbocycles. The molecule has 0 aromatic heterocycles. The third-order valence-electron chi connectivity index (χ3n) is 6.84. The Balaban J connectivity index is 1.35. The van der Waals surface area contributed by atoms with Crippen molar-refractivity contribution in [2.75, 3.05) is 6.61 Å². The van der Waals surface area contributed by atoms with Gasteiger partial charge in [-0.25, -0.2) is 0 Å². The Kier molecular flexibility index (Phi) is 8.15. The lowest BCUT2D eigenvalue weighted by Crippen LogP contribution is -2.59. The van der Waals surface area contributed by atoms with E-state index < -0.39 is 0 Å². The summed E-state index contributed by atoms with van der Waals surface area (Å²) in [5, 5.41) is 0. The molecule has 0 amide bonds. The first kappa shape index (κ1) is 25.1. The van der Waals surface area contributed by atoms with E-state index >= 15 is 0 Å². The molecule has 3 aromatic rings. The molecule has 0 N–H and O–H groups in total. The molecule has 0 saturated carbocycles. The molecule has 5 heteroatoms. The van der Waals surface area contributed by atoms with Gasteiger partial charge in [0.25, 0.3) is 0 Å². The van der Waals surface area contributed by atoms with Crippen LogP contribution in [0.25, 0.3) is 0 Å². The summed E-state index contributed by atoms with van der Waals surface area (Å²) in [5.74, 6) is 0. The summed E-state index contributed by atoms with van der Waals surface area (Å²) in [7, 11) is 0. The van der Waals surface area contributed by atoms with Crippen molar-refractivity contribution in [3.05, 3.63) is 108 Å². The van der Waals surface area contributed by atoms with Crippen LogP contribution in [0.3, 0.4) is 0 Å². The lowest BCUT2D eigenvalue weighted by Gasteiger charge is -2.43. The van der Waals surface area contributed by atoms with Crippen molar-refractivity contribution < 1.29 is 23.7 Å². The Labute approximate surface area is 214 Å². The molecule has 2 saturated heterocycles. The molecule has 5 nitrogen and oxygen atoms in total. The van der Waals surface area contributed by atoms with E-state index in [1.165, 1.54) is 0 Å². The predicted molar refractivity (Wildman–Crippen MR) is 138 cm³/mol. The molecule has 0 unspecified atom stereocenters. The third kappa shape index (κ3) is 6.41. The zero-order valence-electron chi connectivity index (χ0n) is 21.1. The molecule has 5 rings (SSSR count). The van der Waals surface area contributed by atoms with Gasteiger partial charge in [-0.1, -0.05) is 91.0 Å². The van der Waals surface area contributed by atoms with Gasteiger partial charge in [-0.2, -0.15) is 0 Å². The van der Waals surface area contributed by atoms with Crippen LogP contribution in [0.1, 0.15) is 37.0 Å². The smallest absolute Gasteiger partial charge is 0.115 e. The van der Waals surface area contributed by atoms with Crippen LogP contribution in [0, 0.1) is 0 Å². The number of rotatable bonds is 10. The topological polar surface area (TPSA) is 46.2 Å². The van der Waals surface area contributed by atoms with Gasteiger partial charge in [0.2, 0.25) is 0 Å². The number of ether oxygens (including phenoxy) is 5. The molecule has 2 aliphatic rings. The lowest BCUT2D eigenvalue weighted by atomic mass is 9.92. The standard InChI is InChI=1S/C31H36O5/c1-31(2)18-26-29(36-31)30(34-21-25-16-10-5-11-17-25)28(33-20-24-14-8-4-9-15-24)27(35-26)22-32-19-23-12-6-3-7-13-23/h3-17,26-30H,18-22H2,1-2H3/t26-,27-,28-,29+,30+/m1/s1. The summed E-state index contributed by atoms with van der Waals surface area (Å²) < 4.78 is 32.4. The van der Waals surface area contributed by atoms with Crippen LogP contribution in [-0.2, 0) is 43.5 Å². The van der Waals surface area contributed by atoms with Gasteiger partial charge in [-0.05, 0) is 30.5 Å². The molecule has 0 spiro atoms. The highest BCUT2D eigenvalue weighted by Gasteiger charge is 2.54. The van der Waals surface area contributed by atoms with Crippen LogP contribution in [0.5, 0.6) is 0 Å². The fourth-order valence-corrected chi connectivity index (χ4v) is 5.12. The molecule has 0 aliphatic carbocycles. The van der Waals surface area contributed by atoms with E-state index in [4.69, 9.17) is 23.7 Å². The van der Waals surface area contributed by atoms with Crippen molar-refractivity contribution in [1.82, 2.24) is 0 Å². The molecule has 2 heterocycles. The van der Waals surface area contributed by atoms with Gasteiger partial charge in [-0.15, -0.1) is 0 Å². The van der Waals surface area contributed by atoms with Crippen molar-refractivity contribution in [3.8, 4) is 0 Å². The number of benzene rings is 3. The van der Waals surface area contributed by atoms with Gasteiger partial charge in [0.05, 0.1) is 38.1 Å². The summed E-state index contributed by atoms with van der Waals surface area (Å²) in [6.45, 7) is 6.13. The number of hydrogen-bond acceptors (Lipinski definition) is 5. The minimum Gasteiger partial charge on any atom is -0.374 e. The van der Waals surface area contributed by atoms with E-state index in [0.29, 0.717) is 26.4 Å². The van der Waals surface area contributed by atoms with E-state index in [-0.39, 0.29) is 36.1 Å². The SMILES string of the molecule is CC1(C)C[C@H]2O[C@H](COCc3ccccc3)[C@@H](OCc3ccccc3)[C@H](OCc3ccccc3)[C@H]2O1. The highest BCUT2D eigenvalue weighted by molar-refractivity contribution is 5.16. The predicted octanol–water partition coefficient (Wildman–Crippen LogP) is 5.71. The van der Waals surface area contributed by atoms with Crippen molar-refractivity contribution in [1.29, 1.82) is 0 Å². The minimum atomic E-state index is -0.333. The summed E-state index contributed by atoms with van der Waals surface area (Å²) >= 11 is 0. The second-order valence-electron chi connectivity index (χ2n) is 10.3.